The van der Waals surface area contributed by atoms with Crippen LogP contribution in [0.25, 0.3) is 0 Å². The third-order valence-corrected chi connectivity index (χ3v) is 3.38. The molecule has 0 fully saturated rings. The number of rotatable bonds is 6. The molecule has 23 heavy (non-hydrogen) atoms. The van der Waals surface area contributed by atoms with E-state index in [1.165, 1.54) is 24.3 Å². The minimum absolute atomic E-state index is 0.114. The summed E-state index contributed by atoms with van der Waals surface area (Å²) in [6.45, 7) is 0. The van der Waals surface area contributed by atoms with Crippen LogP contribution in [0.3, 0.4) is 0 Å². The van der Waals surface area contributed by atoms with Crippen LogP contribution in [0.1, 0.15) is 17.2 Å². The normalized spacial score (nSPS) is 13.1. The molecule has 0 saturated heterocycles. The Morgan fingerprint density at radius 3 is 2.26 bits per heavy atom. The fraction of sp³-hybridized carbons (Fsp3) is 0.176. The Labute approximate surface area is 132 Å². The molecule has 4 N–H and O–H groups in total. The molecule has 0 aliphatic heterocycles. The molecule has 0 bridgehead atoms. The lowest BCUT2D eigenvalue weighted by atomic mass is 10.0. The van der Waals surface area contributed by atoms with Crippen LogP contribution in [-0.4, -0.2) is 23.0 Å². The number of amides is 2. The summed E-state index contributed by atoms with van der Waals surface area (Å²) in [6, 6.07) is 12.9. The largest absolute Gasteiger partial charge is 0.378 e. The van der Waals surface area contributed by atoms with E-state index in [1.807, 2.05) is 0 Å². The lowest BCUT2D eigenvalue weighted by Gasteiger charge is -2.18. The van der Waals surface area contributed by atoms with E-state index in [0.29, 0.717) is 11.1 Å². The van der Waals surface area contributed by atoms with E-state index < -0.39 is 29.8 Å². The van der Waals surface area contributed by atoms with Crippen LogP contribution in [0.15, 0.2) is 54.6 Å². The molecule has 2 aromatic rings. The maximum absolute atomic E-state index is 12.9. The molecule has 0 aromatic heterocycles. The Morgan fingerprint density at radius 2 is 1.70 bits per heavy atom. The first-order chi connectivity index (χ1) is 11.0. The van der Waals surface area contributed by atoms with E-state index >= 15 is 0 Å². The predicted molar refractivity (Wildman–Crippen MR) is 82.6 cm³/mol. The van der Waals surface area contributed by atoms with Crippen molar-refractivity contribution in [3.8, 4) is 0 Å². The van der Waals surface area contributed by atoms with Crippen molar-refractivity contribution in [2.75, 3.05) is 0 Å². The maximum Gasteiger partial charge on any atom is 0.254 e. The Kier molecular flexibility index (Phi) is 5.43. The first-order valence-corrected chi connectivity index (χ1v) is 7.04. The minimum Gasteiger partial charge on any atom is -0.378 e. The van der Waals surface area contributed by atoms with Crippen molar-refractivity contribution < 1.29 is 19.1 Å². The molecule has 2 aromatic carbocycles. The zero-order valence-electron chi connectivity index (χ0n) is 12.3. The van der Waals surface area contributed by atoms with Gasteiger partial charge in [0.25, 0.3) is 5.91 Å². The number of hydrogen-bond acceptors (Lipinski definition) is 3. The van der Waals surface area contributed by atoms with Crippen LogP contribution < -0.4 is 11.1 Å². The number of benzene rings is 2. The number of hydrogen-bond donors (Lipinski definition) is 3. The summed E-state index contributed by atoms with van der Waals surface area (Å²) in [7, 11) is 0. The highest BCUT2D eigenvalue weighted by molar-refractivity contribution is 5.89. The van der Waals surface area contributed by atoms with E-state index in [0.717, 1.165) is 0 Å². The highest BCUT2D eigenvalue weighted by Gasteiger charge is 2.24. The van der Waals surface area contributed by atoms with Gasteiger partial charge in [-0.25, -0.2) is 4.39 Å². The van der Waals surface area contributed by atoms with Crippen LogP contribution in [0.2, 0.25) is 0 Å². The number of primary amides is 1. The van der Waals surface area contributed by atoms with E-state index in [-0.39, 0.29) is 6.42 Å². The molecular formula is C17H17FN2O3. The molecule has 2 atom stereocenters. The van der Waals surface area contributed by atoms with Gasteiger partial charge in [0, 0.05) is 6.42 Å². The predicted octanol–water partition coefficient (Wildman–Crippen LogP) is 1.07. The van der Waals surface area contributed by atoms with Gasteiger partial charge in [0.05, 0.1) is 0 Å². The molecule has 120 valence electrons. The number of nitrogens with one attached hydrogen (secondary N) is 1. The van der Waals surface area contributed by atoms with Gasteiger partial charge < -0.3 is 16.2 Å². The number of aliphatic hydroxyl groups excluding tert-OH is 1. The third-order valence-electron chi connectivity index (χ3n) is 3.38. The number of aliphatic hydroxyl groups is 1. The van der Waals surface area contributed by atoms with Crippen LogP contribution in [0.4, 0.5) is 4.39 Å². The van der Waals surface area contributed by atoms with Gasteiger partial charge in [-0.1, -0.05) is 42.5 Å². The van der Waals surface area contributed by atoms with Crippen molar-refractivity contribution in [3.05, 3.63) is 71.5 Å². The molecule has 0 spiro atoms. The van der Waals surface area contributed by atoms with Crippen molar-refractivity contribution in [2.24, 2.45) is 5.73 Å². The molecule has 0 heterocycles. The maximum atomic E-state index is 12.9. The van der Waals surface area contributed by atoms with E-state index in [4.69, 9.17) is 5.73 Å². The van der Waals surface area contributed by atoms with Crippen LogP contribution in [0.5, 0.6) is 0 Å². The van der Waals surface area contributed by atoms with Gasteiger partial charge in [-0.3, -0.25) is 9.59 Å². The number of halogens is 1. The quantitative estimate of drug-likeness (QED) is 0.744. The van der Waals surface area contributed by atoms with Gasteiger partial charge in [0.2, 0.25) is 5.91 Å². The first kappa shape index (κ1) is 16.6. The lowest BCUT2D eigenvalue weighted by molar-refractivity contribution is -0.133. The highest BCUT2D eigenvalue weighted by Crippen LogP contribution is 2.13. The number of carbonyl (C=O) groups is 2. The minimum atomic E-state index is -1.40. The summed E-state index contributed by atoms with van der Waals surface area (Å²) >= 11 is 0. The zero-order chi connectivity index (χ0) is 16.8. The third kappa shape index (κ3) is 4.62. The summed E-state index contributed by atoms with van der Waals surface area (Å²) in [5.41, 5.74) is 6.35. The van der Waals surface area contributed by atoms with Crippen molar-refractivity contribution in [3.63, 3.8) is 0 Å². The van der Waals surface area contributed by atoms with Crippen molar-refractivity contribution in [2.45, 2.75) is 18.6 Å². The second-order valence-corrected chi connectivity index (χ2v) is 5.11. The fourth-order valence-electron chi connectivity index (χ4n) is 2.12. The number of nitrogens with two attached hydrogens (primary N) is 1. The molecule has 0 saturated carbocycles. The SMILES string of the molecule is NC(=O)[C@H](Cc1ccc(F)cc1)NC(=O)[C@@H](O)c1ccccc1. The lowest BCUT2D eigenvalue weighted by Crippen LogP contribution is -2.47. The smallest absolute Gasteiger partial charge is 0.254 e. The van der Waals surface area contributed by atoms with Crippen molar-refractivity contribution in [1.29, 1.82) is 0 Å². The van der Waals surface area contributed by atoms with E-state index in [1.54, 1.807) is 30.3 Å². The molecule has 0 aliphatic rings. The molecule has 6 heteroatoms. The van der Waals surface area contributed by atoms with E-state index in [2.05, 4.69) is 5.32 Å². The molecule has 0 radical (unpaired) electrons. The van der Waals surface area contributed by atoms with E-state index in [9.17, 15) is 19.1 Å². The molecule has 0 aliphatic carbocycles. The number of carbonyl (C=O) groups excluding carboxylic acids is 2. The standard InChI is InChI=1S/C17H17FN2O3/c18-13-8-6-11(7-9-13)10-14(16(19)22)20-17(23)15(21)12-4-2-1-3-5-12/h1-9,14-15,21H,10H2,(H2,19,22)(H,20,23)/t14-,15-/m0/s1. The average Bonchev–Trinajstić information content (AvgIpc) is 2.56. The summed E-state index contributed by atoms with van der Waals surface area (Å²) in [6.07, 6.45) is -1.28. The Morgan fingerprint density at radius 1 is 1.09 bits per heavy atom. The topological polar surface area (TPSA) is 92.4 Å². The highest BCUT2D eigenvalue weighted by atomic mass is 19.1. The van der Waals surface area contributed by atoms with Gasteiger partial charge in [0.1, 0.15) is 11.9 Å². The van der Waals surface area contributed by atoms with Gasteiger partial charge in [-0.2, -0.15) is 0 Å². The Balaban J connectivity index is 2.05. The van der Waals surface area contributed by atoms with Crippen molar-refractivity contribution >= 4 is 11.8 Å². The van der Waals surface area contributed by atoms with Crippen molar-refractivity contribution in [1.82, 2.24) is 5.32 Å². The Hall–Kier alpha value is -2.73. The second-order valence-electron chi connectivity index (χ2n) is 5.11. The molecular weight excluding hydrogens is 299 g/mol. The fourth-order valence-corrected chi connectivity index (χ4v) is 2.12. The zero-order valence-corrected chi connectivity index (χ0v) is 12.3. The van der Waals surface area contributed by atoms with Gasteiger partial charge >= 0.3 is 0 Å². The molecule has 5 nitrogen and oxygen atoms in total. The molecule has 2 amide bonds. The molecule has 2 rings (SSSR count). The summed E-state index contributed by atoms with van der Waals surface area (Å²) in [5, 5.41) is 12.4. The summed E-state index contributed by atoms with van der Waals surface area (Å²) in [4.78, 5) is 23.6. The second kappa shape index (κ2) is 7.51. The first-order valence-electron chi connectivity index (χ1n) is 7.04. The molecule has 0 unspecified atom stereocenters. The van der Waals surface area contributed by atoms with Gasteiger partial charge in [-0.15, -0.1) is 0 Å². The summed E-state index contributed by atoms with van der Waals surface area (Å²) < 4.78 is 12.9. The van der Waals surface area contributed by atoms with Gasteiger partial charge in [0.15, 0.2) is 6.10 Å². The monoisotopic (exact) mass is 316 g/mol. The van der Waals surface area contributed by atoms with Gasteiger partial charge in [-0.05, 0) is 23.3 Å². The van der Waals surface area contributed by atoms with Crippen LogP contribution in [-0.2, 0) is 16.0 Å². The Bertz CT molecular complexity index is 674. The summed E-state index contributed by atoms with van der Waals surface area (Å²) in [5.74, 6) is -1.85. The van der Waals surface area contributed by atoms with Crippen LogP contribution >= 0.6 is 0 Å². The average molecular weight is 316 g/mol. The van der Waals surface area contributed by atoms with Crippen LogP contribution in [0, 0.1) is 5.82 Å².